The van der Waals surface area contributed by atoms with Crippen LogP contribution in [0.5, 0.6) is 0 Å². The SMILES string of the molecule is Cc1c(Cc2ccc(S(=O)(=O)N(C)C)c(Cl)c2)c(C(C)O)nn1C/C(F)=C/CN. The van der Waals surface area contributed by atoms with Gasteiger partial charge in [0.1, 0.15) is 10.7 Å². The summed E-state index contributed by atoms with van der Waals surface area (Å²) in [5.74, 6) is -0.414. The minimum absolute atomic E-state index is 0.0186. The number of benzene rings is 1. The van der Waals surface area contributed by atoms with E-state index in [1.54, 1.807) is 26.0 Å². The van der Waals surface area contributed by atoms with Crippen molar-refractivity contribution in [2.75, 3.05) is 20.6 Å². The molecule has 0 aliphatic heterocycles. The fourth-order valence-corrected chi connectivity index (χ4v) is 4.35. The quantitative estimate of drug-likeness (QED) is 0.651. The Balaban J connectivity index is 2.42. The molecule has 1 aromatic carbocycles. The number of allylic oxidation sites excluding steroid dienone is 1. The summed E-state index contributed by atoms with van der Waals surface area (Å²) in [6.07, 6.45) is 0.776. The first-order valence-corrected chi connectivity index (χ1v) is 10.8. The van der Waals surface area contributed by atoms with Gasteiger partial charge in [-0.1, -0.05) is 17.7 Å². The van der Waals surface area contributed by atoms with Crippen LogP contribution in [0.4, 0.5) is 4.39 Å². The van der Waals surface area contributed by atoms with Gasteiger partial charge in [0.25, 0.3) is 0 Å². The van der Waals surface area contributed by atoms with Crippen LogP contribution in [0.1, 0.15) is 35.5 Å². The Morgan fingerprint density at radius 3 is 2.62 bits per heavy atom. The second-order valence-electron chi connectivity index (χ2n) is 6.90. The fourth-order valence-electron chi connectivity index (χ4n) is 2.91. The number of aliphatic hydroxyl groups is 1. The first kappa shape index (κ1) is 23.5. The Morgan fingerprint density at radius 2 is 2.10 bits per heavy atom. The highest BCUT2D eigenvalue weighted by Gasteiger charge is 2.23. The second kappa shape index (κ2) is 9.36. The van der Waals surface area contributed by atoms with E-state index >= 15 is 0 Å². The van der Waals surface area contributed by atoms with Crippen LogP contribution in [0.2, 0.25) is 5.02 Å². The standard InChI is InChI=1S/C19H26ClFN4O3S/c1-12-16(19(13(2)26)23-25(12)11-15(21)7-8-22)9-14-5-6-18(17(20)10-14)29(27,28)24(3)4/h5-7,10,13,26H,8-9,11,22H2,1-4H3/b15-7-. The third-order valence-electron chi connectivity index (χ3n) is 4.53. The predicted octanol–water partition coefficient (Wildman–Crippen LogP) is 2.55. The molecule has 1 heterocycles. The van der Waals surface area contributed by atoms with Gasteiger partial charge in [0.15, 0.2) is 0 Å². The molecule has 2 rings (SSSR count). The van der Waals surface area contributed by atoms with E-state index in [0.717, 1.165) is 15.4 Å². The van der Waals surface area contributed by atoms with Crippen molar-refractivity contribution in [3.05, 3.63) is 57.6 Å². The molecule has 1 atom stereocenters. The van der Waals surface area contributed by atoms with E-state index < -0.39 is 22.0 Å². The van der Waals surface area contributed by atoms with Gasteiger partial charge in [-0.3, -0.25) is 4.68 Å². The average Bonchev–Trinajstić information content (AvgIpc) is 2.91. The van der Waals surface area contributed by atoms with Crippen molar-refractivity contribution in [1.29, 1.82) is 0 Å². The summed E-state index contributed by atoms with van der Waals surface area (Å²) in [6.45, 7) is 3.38. The molecular formula is C19H26ClFN4O3S. The van der Waals surface area contributed by atoms with Crippen LogP contribution < -0.4 is 5.73 Å². The Morgan fingerprint density at radius 1 is 1.45 bits per heavy atom. The summed E-state index contributed by atoms with van der Waals surface area (Å²) < 4.78 is 41.1. The number of nitrogens with two attached hydrogens (primary N) is 1. The Bertz CT molecular complexity index is 1020. The molecular weight excluding hydrogens is 419 g/mol. The van der Waals surface area contributed by atoms with Gasteiger partial charge in [-0.05, 0) is 37.6 Å². The molecule has 0 aliphatic rings. The minimum atomic E-state index is -3.66. The molecule has 0 aliphatic carbocycles. The number of sulfonamides is 1. The van der Waals surface area contributed by atoms with Crippen LogP contribution in [-0.4, -0.2) is 48.3 Å². The van der Waals surface area contributed by atoms with Gasteiger partial charge in [0.2, 0.25) is 10.0 Å². The van der Waals surface area contributed by atoms with Gasteiger partial charge < -0.3 is 10.8 Å². The summed E-state index contributed by atoms with van der Waals surface area (Å²) >= 11 is 6.23. The number of halogens is 2. The minimum Gasteiger partial charge on any atom is -0.387 e. The lowest BCUT2D eigenvalue weighted by molar-refractivity contribution is 0.192. The first-order valence-electron chi connectivity index (χ1n) is 8.98. The summed E-state index contributed by atoms with van der Waals surface area (Å²) in [4.78, 5) is 0.0186. The second-order valence-corrected chi connectivity index (χ2v) is 9.43. The maximum atomic E-state index is 13.9. The summed E-state index contributed by atoms with van der Waals surface area (Å²) in [6, 6.07) is 4.70. The van der Waals surface area contributed by atoms with E-state index in [9.17, 15) is 17.9 Å². The topological polar surface area (TPSA) is 101 Å². The zero-order valence-corrected chi connectivity index (χ0v) is 18.4. The van der Waals surface area contributed by atoms with E-state index in [1.807, 2.05) is 0 Å². The number of aromatic nitrogens is 2. The van der Waals surface area contributed by atoms with E-state index in [-0.39, 0.29) is 23.0 Å². The molecule has 3 N–H and O–H groups in total. The van der Waals surface area contributed by atoms with Gasteiger partial charge in [-0.15, -0.1) is 0 Å². The lowest BCUT2D eigenvalue weighted by atomic mass is 10.0. The lowest BCUT2D eigenvalue weighted by Crippen LogP contribution is -2.22. The molecule has 0 spiro atoms. The molecule has 2 aromatic rings. The molecule has 0 bridgehead atoms. The molecule has 10 heteroatoms. The van der Waals surface area contributed by atoms with Crippen LogP contribution in [0, 0.1) is 6.92 Å². The first-order chi connectivity index (χ1) is 13.5. The van der Waals surface area contributed by atoms with E-state index in [0.29, 0.717) is 17.8 Å². The van der Waals surface area contributed by atoms with Crippen LogP contribution in [0.3, 0.4) is 0 Å². The smallest absolute Gasteiger partial charge is 0.244 e. The van der Waals surface area contributed by atoms with Crippen molar-refractivity contribution < 1.29 is 17.9 Å². The van der Waals surface area contributed by atoms with Crippen LogP contribution in [0.15, 0.2) is 35.0 Å². The molecule has 160 valence electrons. The van der Waals surface area contributed by atoms with Crippen molar-refractivity contribution in [1.82, 2.24) is 14.1 Å². The predicted molar refractivity (Wildman–Crippen MR) is 111 cm³/mol. The van der Waals surface area contributed by atoms with Crippen molar-refractivity contribution in [3.8, 4) is 0 Å². The molecule has 0 fully saturated rings. The Labute approximate surface area is 175 Å². The zero-order valence-electron chi connectivity index (χ0n) is 16.9. The molecule has 29 heavy (non-hydrogen) atoms. The van der Waals surface area contributed by atoms with Crippen molar-refractivity contribution in [2.24, 2.45) is 5.73 Å². The number of nitrogens with zero attached hydrogens (tertiary/aromatic N) is 3. The average molecular weight is 445 g/mol. The van der Waals surface area contributed by atoms with Crippen molar-refractivity contribution in [2.45, 2.75) is 37.8 Å². The molecule has 0 amide bonds. The monoisotopic (exact) mass is 444 g/mol. The Hall–Kier alpha value is -1.78. The van der Waals surface area contributed by atoms with Crippen molar-refractivity contribution in [3.63, 3.8) is 0 Å². The lowest BCUT2D eigenvalue weighted by Gasteiger charge is -2.14. The molecule has 0 saturated heterocycles. The number of hydrogen-bond donors (Lipinski definition) is 2. The third kappa shape index (κ3) is 5.23. The highest BCUT2D eigenvalue weighted by molar-refractivity contribution is 7.89. The summed E-state index contributed by atoms with van der Waals surface area (Å²) in [5, 5.41) is 14.6. The number of aliphatic hydroxyl groups excluding tert-OH is 1. The number of rotatable bonds is 8. The molecule has 1 aromatic heterocycles. The molecule has 0 radical (unpaired) electrons. The normalized spacial score (nSPS) is 13.9. The third-order valence-corrected chi connectivity index (χ3v) is 6.83. The maximum Gasteiger partial charge on any atom is 0.244 e. The highest BCUT2D eigenvalue weighted by atomic mass is 35.5. The van der Waals surface area contributed by atoms with E-state index in [4.69, 9.17) is 17.3 Å². The molecule has 7 nitrogen and oxygen atoms in total. The van der Waals surface area contributed by atoms with E-state index in [2.05, 4.69) is 5.10 Å². The summed E-state index contributed by atoms with van der Waals surface area (Å²) in [5.41, 5.74) is 7.95. The number of hydrogen-bond acceptors (Lipinski definition) is 5. The highest BCUT2D eigenvalue weighted by Crippen LogP contribution is 2.28. The largest absolute Gasteiger partial charge is 0.387 e. The van der Waals surface area contributed by atoms with Gasteiger partial charge in [-0.25, -0.2) is 17.1 Å². The van der Waals surface area contributed by atoms with Gasteiger partial charge in [-0.2, -0.15) is 5.10 Å². The van der Waals surface area contributed by atoms with Crippen LogP contribution in [0.25, 0.3) is 0 Å². The van der Waals surface area contributed by atoms with Gasteiger partial charge in [0.05, 0.1) is 23.4 Å². The molecule has 1 unspecified atom stereocenters. The van der Waals surface area contributed by atoms with Gasteiger partial charge in [0, 0.05) is 38.3 Å². The van der Waals surface area contributed by atoms with Gasteiger partial charge >= 0.3 is 0 Å². The maximum absolute atomic E-state index is 13.9. The molecule has 0 saturated carbocycles. The zero-order chi connectivity index (χ0) is 21.9. The van der Waals surface area contributed by atoms with Crippen molar-refractivity contribution >= 4 is 21.6 Å². The Kier molecular flexibility index (Phi) is 7.58. The summed E-state index contributed by atoms with van der Waals surface area (Å²) in [7, 11) is -0.785. The fraction of sp³-hybridized carbons (Fsp3) is 0.421. The van der Waals surface area contributed by atoms with Crippen LogP contribution >= 0.6 is 11.6 Å². The van der Waals surface area contributed by atoms with E-state index in [1.165, 1.54) is 30.9 Å². The van der Waals surface area contributed by atoms with Crippen LogP contribution in [-0.2, 0) is 23.0 Å².